The number of anilines is 1. The highest BCUT2D eigenvalue weighted by Gasteiger charge is 2.56. The minimum absolute atomic E-state index is 0.0257. The number of nitrogens with zero attached hydrogens (tertiary/aromatic N) is 6. The molecule has 1 aromatic carbocycles. The molecular formula is C27H29FN6OS. The Labute approximate surface area is 214 Å². The first kappa shape index (κ1) is 23.3. The van der Waals surface area contributed by atoms with E-state index in [2.05, 4.69) is 38.9 Å². The molecule has 6 rings (SSSR count). The number of benzene rings is 1. The zero-order valence-electron chi connectivity index (χ0n) is 20.5. The van der Waals surface area contributed by atoms with E-state index in [4.69, 9.17) is 5.26 Å². The number of thiazole rings is 1. The summed E-state index contributed by atoms with van der Waals surface area (Å²) in [5.41, 5.74) is 1.10. The minimum atomic E-state index is -0.905. The topological polar surface area (TPSA) is 98.8 Å². The first-order valence-electron chi connectivity index (χ1n) is 12.6. The second-order valence-electron chi connectivity index (χ2n) is 11.3. The van der Waals surface area contributed by atoms with Gasteiger partial charge in [-0.1, -0.05) is 26.3 Å². The smallest absolute Gasteiger partial charge is 0.194 e. The maximum Gasteiger partial charge on any atom is 0.194 e. The van der Waals surface area contributed by atoms with Crippen molar-refractivity contribution in [1.29, 1.82) is 5.26 Å². The van der Waals surface area contributed by atoms with E-state index in [1.807, 2.05) is 12.1 Å². The van der Waals surface area contributed by atoms with Gasteiger partial charge in [0.15, 0.2) is 16.6 Å². The third-order valence-corrected chi connectivity index (χ3v) is 9.25. The third-order valence-electron chi connectivity index (χ3n) is 8.30. The standard InChI is InChI=1S/C27H29FN6OS/c1-26-8-3-9-27(2,15-26)24(28)19(11-26)34(17-5-6-17)22-14-31-25(33-32-22)18-7-4-16(10-20(18)35)21-13-30-23(12-29)36-21/h4,7,10,13-14,17,19,24,35H,3,5-6,8-9,11,15H2,1-2H3/t19-,24-,26-,27-/m0/s1. The third kappa shape index (κ3) is 4.01. The quantitative estimate of drug-likeness (QED) is 0.461. The van der Waals surface area contributed by atoms with E-state index < -0.39 is 6.17 Å². The molecule has 0 amide bonds. The van der Waals surface area contributed by atoms with Crippen LogP contribution < -0.4 is 4.90 Å². The van der Waals surface area contributed by atoms with Crippen molar-refractivity contribution in [2.75, 3.05) is 4.90 Å². The van der Waals surface area contributed by atoms with Crippen molar-refractivity contribution in [1.82, 2.24) is 20.2 Å². The fourth-order valence-electron chi connectivity index (χ4n) is 6.62. The number of aromatic hydroxyl groups is 1. The Morgan fingerprint density at radius 1 is 1.17 bits per heavy atom. The molecule has 186 valence electrons. The number of halogens is 1. The summed E-state index contributed by atoms with van der Waals surface area (Å²) in [6.07, 6.45) is 9.44. The monoisotopic (exact) mass is 504 g/mol. The van der Waals surface area contributed by atoms with E-state index in [0.717, 1.165) is 55.4 Å². The molecule has 0 spiro atoms. The minimum Gasteiger partial charge on any atom is -0.507 e. The first-order valence-corrected chi connectivity index (χ1v) is 13.4. The molecule has 2 heterocycles. The normalized spacial score (nSPS) is 29.5. The fourth-order valence-corrected chi connectivity index (χ4v) is 7.33. The Balaban J connectivity index is 1.28. The molecule has 36 heavy (non-hydrogen) atoms. The molecule has 0 aliphatic heterocycles. The highest BCUT2D eigenvalue weighted by Crippen LogP contribution is 2.58. The number of phenols is 1. The van der Waals surface area contributed by atoms with Gasteiger partial charge < -0.3 is 10.0 Å². The van der Waals surface area contributed by atoms with Crippen molar-refractivity contribution < 1.29 is 9.50 Å². The van der Waals surface area contributed by atoms with E-state index in [1.165, 1.54) is 11.3 Å². The van der Waals surface area contributed by atoms with E-state index in [-0.39, 0.29) is 28.7 Å². The molecule has 7 nitrogen and oxygen atoms in total. The molecule has 0 unspecified atom stereocenters. The number of alkyl halides is 1. The highest BCUT2D eigenvalue weighted by molar-refractivity contribution is 7.15. The molecule has 3 saturated carbocycles. The number of fused-ring (bicyclic) bond motifs is 2. The molecule has 2 bridgehead atoms. The number of hydrogen-bond donors (Lipinski definition) is 1. The second-order valence-corrected chi connectivity index (χ2v) is 12.4. The van der Waals surface area contributed by atoms with Crippen molar-refractivity contribution in [3.8, 4) is 33.6 Å². The van der Waals surface area contributed by atoms with Gasteiger partial charge in [0, 0.05) is 17.7 Å². The van der Waals surface area contributed by atoms with Gasteiger partial charge in [0.1, 0.15) is 18.0 Å². The second kappa shape index (κ2) is 8.48. The van der Waals surface area contributed by atoms with Crippen LogP contribution in [0.1, 0.15) is 63.8 Å². The van der Waals surface area contributed by atoms with E-state index in [1.54, 1.807) is 24.5 Å². The predicted octanol–water partition coefficient (Wildman–Crippen LogP) is 5.91. The van der Waals surface area contributed by atoms with Crippen LogP contribution in [0.25, 0.3) is 21.8 Å². The molecule has 9 heteroatoms. The molecule has 2 aromatic heterocycles. The van der Waals surface area contributed by atoms with Gasteiger partial charge in [-0.3, -0.25) is 0 Å². The summed E-state index contributed by atoms with van der Waals surface area (Å²) in [5.74, 6) is 0.959. The number of nitriles is 1. The Morgan fingerprint density at radius 3 is 2.67 bits per heavy atom. The van der Waals surface area contributed by atoms with Crippen LogP contribution in [-0.2, 0) is 0 Å². The Kier molecular flexibility index (Phi) is 5.48. The maximum absolute atomic E-state index is 16.0. The molecule has 3 fully saturated rings. The SMILES string of the molecule is C[C@@]12CCC[C@@](C)(C1)[C@@H](F)[C@@H](N(c1cnc(-c3ccc(-c4cnc(C#N)s4)cc3O)nn1)C1CC1)C2. The maximum atomic E-state index is 16.0. The van der Waals surface area contributed by atoms with Crippen molar-refractivity contribution in [2.45, 2.75) is 77.0 Å². The van der Waals surface area contributed by atoms with Gasteiger partial charge in [0.2, 0.25) is 0 Å². The van der Waals surface area contributed by atoms with Crippen molar-refractivity contribution in [2.24, 2.45) is 10.8 Å². The zero-order valence-corrected chi connectivity index (χ0v) is 21.3. The Morgan fingerprint density at radius 2 is 2.00 bits per heavy atom. The largest absolute Gasteiger partial charge is 0.507 e. The Hall–Kier alpha value is -3.12. The Bertz CT molecular complexity index is 1330. The van der Waals surface area contributed by atoms with Gasteiger partial charge in [0.05, 0.1) is 22.7 Å². The fraction of sp³-hybridized carbons (Fsp3) is 0.519. The van der Waals surface area contributed by atoms with Crippen LogP contribution in [0, 0.1) is 22.2 Å². The van der Waals surface area contributed by atoms with Crippen LogP contribution >= 0.6 is 11.3 Å². The van der Waals surface area contributed by atoms with E-state index in [9.17, 15) is 5.11 Å². The summed E-state index contributed by atoms with van der Waals surface area (Å²) in [4.78, 5) is 11.5. The molecule has 3 aromatic rings. The van der Waals surface area contributed by atoms with Gasteiger partial charge in [-0.05, 0) is 61.6 Å². The van der Waals surface area contributed by atoms with Gasteiger partial charge in [-0.15, -0.1) is 21.5 Å². The summed E-state index contributed by atoms with van der Waals surface area (Å²) < 4.78 is 16.0. The van der Waals surface area contributed by atoms with Gasteiger partial charge in [-0.25, -0.2) is 14.4 Å². The molecule has 4 atom stereocenters. The van der Waals surface area contributed by atoms with Crippen LogP contribution in [0.2, 0.25) is 0 Å². The van der Waals surface area contributed by atoms with Crippen molar-refractivity contribution in [3.05, 3.63) is 35.6 Å². The van der Waals surface area contributed by atoms with Crippen molar-refractivity contribution in [3.63, 3.8) is 0 Å². The molecule has 3 aliphatic rings. The van der Waals surface area contributed by atoms with Crippen LogP contribution in [0.5, 0.6) is 5.75 Å². The van der Waals surface area contributed by atoms with Gasteiger partial charge >= 0.3 is 0 Å². The lowest BCUT2D eigenvalue weighted by atomic mass is 9.54. The van der Waals surface area contributed by atoms with Crippen LogP contribution in [0.3, 0.4) is 0 Å². The lowest BCUT2D eigenvalue weighted by molar-refractivity contribution is -0.0554. The number of hydrogen-bond acceptors (Lipinski definition) is 8. The van der Waals surface area contributed by atoms with Gasteiger partial charge in [0.25, 0.3) is 0 Å². The zero-order chi connectivity index (χ0) is 25.1. The molecule has 0 radical (unpaired) electrons. The molecular weight excluding hydrogens is 475 g/mol. The van der Waals surface area contributed by atoms with E-state index >= 15 is 4.39 Å². The summed E-state index contributed by atoms with van der Waals surface area (Å²) in [6.45, 7) is 4.44. The number of rotatable bonds is 5. The predicted molar refractivity (Wildman–Crippen MR) is 136 cm³/mol. The molecule has 3 aliphatic carbocycles. The number of phenolic OH excluding ortho intramolecular Hbond substituents is 1. The summed E-state index contributed by atoms with van der Waals surface area (Å²) in [7, 11) is 0. The first-order chi connectivity index (χ1) is 17.3. The van der Waals surface area contributed by atoms with E-state index in [0.29, 0.717) is 22.2 Å². The summed E-state index contributed by atoms with van der Waals surface area (Å²) in [5, 5.41) is 28.9. The summed E-state index contributed by atoms with van der Waals surface area (Å²) in [6, 6.07) is 7.30. The average molecular weight is 505 g/mol. The highest BCUT2D eigenvalue weighted by atomic mass is 32.1. The lowest BCUT2D eigenvalue weighted by Gasteiger charge is -2.56. The molecule has 1 N–H and O–H groups in total. The van der Waals surface area contributed by atoms with Crippen LogP contribution in [0.15, 0.2) is 30.6 Å². The average Bonchev–Trinajstić information content (AvgIpc) is 3.57. The lowest BCUT2D eigenvalue weighted by Crippen LogP contribution is -2.58. The summed E-state index contributed by atoms with van der Waals surface area (Å²) >= 11 is 1.27. The number of aromatic nitrogens is 4. The molecule has 0 saturated heterocycles. The van der Waals surface area contributed by atoms with Gasteiger partial charge in [-0.2, -0.15) is 5.26 Å². The van der Waals surface area contributed by atoms with Crippen LogP contribution in [0.4, 0.5) is 10.2 Å². The van der Waals surface area contributed by atoms with Crippen molar-refractivity contribution >= 4 is 17.2 Å². The van der Waals surface area contributed by atoms with Crippen LogP contribution in [-0.4, -0.2) is 43.5 Å².